The third kappa shape index (κ3) is 2.85. The SMILES string of the molecule is c1ccc2c(-c3nc4ccc(-c5ccc6nc(-c7c[nH]c8ccccc78)[nH]c6c5)cc4[nH]3)c[nH]c2c1. The molecule has 6 heteroatoms. The minimum Gasteiger partial charge on any atom is -0.360 e. The molecule has 0 bridgehead atoms. The quantitative estimate of drug-likeness (QED) is 0.219. The average Bonchev–Trinajstić information content (AvgIpc) is 3.70. The van der Waals surface area contributed by atoms with Crippen molar-refractivity contribution in [3.8, 4) is 33.9 Å². The van der Waals surface area contributed by atoms with E-state index >= 15 is 0 Å². The van der Waals surface area contributed by atoms with Gasteiger partial charge in [0.2, 0.25) is 0 Å². The van der Waals surface area contributed by atoms with Gasteiger partial charge < -0.3 is 19.9 Å². The highest BCUT2D eigenvalue weighted by Gasteiger charge is 2.13. The molecule has 4 heterocycles. The Kier molecular flexibility index (Phi) is 3.85. The normalized spacial score (nSPS) is 11.9. The van der Waals surface area contributed by atoms with Crippen LogP contribution < -0.4 is 0 Å². The summed E-state index contributed by atoms with van der Waals surface area (Å²) in [6, 6.07) is 29.3. The van der Waals surface area contributed by atoms with E-state index in [4.69, 9.17) is 9.97 Å². The maximum absolute atomic E-state index is 4.85. The second-order valence-corrected chi connectivity index (χ2v) is 9.13. The van der Waals surface area contributed by atoms with Crippen LogP contribution in [-0.4, -0.2) is 29.9 Å². The Morgan fingerprint density at radius 1 is 0.472 bits per heavy atom. The van der Waals surface area contributed by atoms with Crippen LogP contribution in [0.15, 0.2) is 97.3 Å². The van der Waals surface area contributed by atoms with Gasteiger partial charge in [0, 0.05) is 45.3 Å². The first-order valence-electron chi connectivity index (χ1n) is 11.9. The van der Waals surface area contributed by atoms with E-state index in [0.717, 1.165) is 77.8 Å². The van der Waals surface area contributed by atoms with Crippen molar-refractivity contribution in [1.29, 1.82) is 0 Å². The summed E-state index contributed by atoms with van der Waals surface area (Å²) in [5.74, 6) is 1.74. The van der Waals surface area contributed by atoms with Crippen molar-refractivity contribution >= 4 is 43.9 Å². The smallest absolute Gasteiger partial charge is 0.140 e. The molecule has 36 heavy (non-hydrogen) atoms. The van der Waals surface area contributed by atoms with Crippen molar-refractivity contribution < 1.29 is 0 Å². The van der Waals surface area contributed by atoms with Gasteiger partial charge in [0.05, 0.1) is 22.1 Å². The summed E-state index contributed by atoms with van der Waals surface area (Å²) >= 11 is 0. The summed E-state index contributed by atoms with van der Waals surface area (Å²) in [5.41, 5.74) is 10.5. The Balaban J connectivity index is 1.19. The summed E-state index contributed by atoms with van der Waals surface area (Å²) in [5, 5.41) is 2.32. The lowest BCUT2D eigenvalue weighted by atomic mass is 10.0. The highest BCUT2D eigenvalue weighted by atomic mass is 14.9. The highest BCUT2D eigenvalue weighted by molar-refractivity contribution is 5.97. The minimum atomic E-state index is 0.868. The number of aromatic nitrogens is 6. The molecule has 0 fully saturated rings. The van der Waals surface area contributed by atoms with E-state index in [-0.39, 0.29) is 0 Å². The van der Waals surface area contributed by atoms with Gasteiger partial charge in [0.25, 0.3) is 0 Å². The van der Waals surface area contributed by atoms with Gasteiger partial charge in [-0.15, -0.1) is 0 Å². The molecule has 4 N–H and O–H groups in total. The Hall–Kier alpha value is -5.10. The Labute approximate surface area is 205 Å². The van der Waals surface area contributed by atoms with Crippen LogP contribution in [0, 0.1) is 0 Å². The number of para-hydroxylation sites is 2. The van der Waals surface area contributed by atoms with Crippen molar-refractivity contribution in [2.75, 3.05) is 0 Å². The summed E-state index contributed by atoms with van der Waals surface area (Å²) < 4.78 is 0. The molecule has 0 atom stereocenters. The summed E-state index contributed by atoms with van der Waals surface area (Å²) in [6.45, 7) is 0. The zero-order valence-electron chi connectivity index (χ0n) is 19.1. The lowest BCUT2D eigenvalue weighted by Crippen LogP contribution is -1.79. The molecular weight excluding hydrogens is 444 g/mol. The molecule has 0 saturated carbocycles. The number of fused-ring (bicyclic) bond motifs is 4. The van der Waals surface area contributed by atoms with E-state index in [1.165, 1.54) is 0 Å². The molecule has 0 aliphatic heterocycles. The predicted octanol–water partition coefficient (Wildman–Crippen LogP) is 7.40. The molecule has 0 saturated heterocycles. The van der Waals surface area contributed by atoms with Crippen LogP contribution in [-0.2, 0) is 0 Å². The van der Waals surface area contributed by atoms with Crippen molar-refractivity contribution in [2.45, 2.75) is 0 Å². The van der Waals surface area contributed by atoms with Crippen LogP contribution in [0.3, 0.4) is 0 Å². The second kappa shape index (κ2) is 7.20. The Bertz CT molecular complexity index is 1920. The summed E-state index contributed by atoms with van der Waals surface area (Å²) in [6.07, 6.45) is 4.03. The van der Waals surface area contributed by atoms with Crippen molar-refractivity contribution in [1.82, 2.24) is 29.9 Å². The maximum atomic E-state index is 4.85. The molecule has 4 aromatic heterocycles. The number of H-pyrrole nitrogens is 4. The van der Waals surface area contributed by atoms with Crippen LogP contribution in [0.1, 0.15) is 0 Å². The first-order chi connectivity index (χ1) is 17.8. The van der Waals surface area contributed by atoms with E-state index in [2.05, 4.69) is 92.7 Å². The number of rotatable bonds is 3. The molecule has 0 aliphatic carbocycles. The minimum absolute atomic E-state index is 0.868. The highest BCUT2D eigenvalue weighted by Crippen LogP contribution is 2.32. The fourth-order valence-corrected chi connectivity index (χ4v) is 5.17. The third-order valence-corrected chi connectivity index (χ3v) is 6.99. The van der Waals surface area contributed by atoms with Gasteiger partial charge in [-0.1, -0.05) is 48.5 Å². The lowest BCUT2D eigenvalue weighted by Gasteiger charge is -2.01. The predicted molar refractivity (Wildman–Crippen MR) is 146 cm³/mol. The second-order valence-electron chi connectivity index (χ2n) is 9.13. The van der Waals surface area contributed by atoms with Crippen molar-refractivity contribution in [2.24, 2.45) is 0 Å². The van der Waals surface area contributed by atoms with E-state index < -0.39 is 0 Å². The zero-order valence-corrected chi connectivity index (χ0v) is 19.1. The van der Waals surface area contributed by atoms with Gasteiger partial charge in [-0.3, -0.25) is 0 Å². The van der Waals surface area contributed by atoms with Crippen LogP contribution >= 0.6 is 0 Å². The van der Waals surface area contributed by atoms with E-state index in [0.29, 0.717) is 0 Å². The van der Waals surface area contributed by atoms with Gasteiger partial charge >= 0.3 is 0 Å². The number of hydrogen-bond donors (Lipinski definition) is 4. The Morgan fingerprint density at radius 3 is 1.44 bits per heavy atom. The molecule has 6 nitrogen and oxygen atoms in total. The topological polar surface area (TPSA) is 88.9 Å². The number of aromatic amines is 4. The van der Waals surface area contributed by atoms with Gasteiger partial charge in [0.15, 0.2) is 0 Å². The van der Waals surface area contributed by atoms with Crippen molar-refractivity contribution in [3.05, 3.63) is 97.3 Å². The molecule has 0 spiro atoms. The fraction of sp³-hybridized carbons (Fsp3) is 0. The maximum Gasteiger partial charge on any atom is 0.140 e. The van der Waals surface area contributed by atoms with Crippen LogP contribution in [0.25, 0.3) is 77.8 Å². The number of hydrogen-bond acceptors (Lipinski definition) is 2. The van der Waals surface area contributed by atoms with Crippen LogP contribution in [0.5, 0.6) is 0 Å². The van der Waals surface area contributed by atoms with E-state index in [1.54, 1.807) is 0 Å². The number of imidazole rings is 2. The number of benzene rings is 4. The fourth-order valence-electron chi connectivity index (χ4n) is 5.17. The van der Waals surface area contributed by atoms with E-state index in [1.807, 2.05) is 24.5 Å². The molecule has 8 rings (SSSR count). The third-order valence-electron chi connectivity index (χ3n) is 6.99. The number of nitrogens with one attached hydrogen (secondary N) is 4. The van der Waals surface area contributed by atoms with Gasteiger partial charge in [-0.25, -0.2) is 9.97 Å². The largest absolute Gasteiger partial charge is 0.360 e. The van der Waals surface area contributed by atoms with Crippen molar-refractivity contribution in [3.63, 3.8) is 0 Å². The van der Waals surface area contributed by atoms with Crippen LogP contribution in [0.4, 0.5) is 0 Å². The molecular formula is C30H20N6. The molecule has 0 unspecified atom stereocenters. The monoisotopic (exact) mass is 464 g/mol. The first kappa shape index (κ1) is 19.2. The molecule has 170 valence electrons. The van der Waals surface area contributed by atoms with Gasteiger partial charge in [0.1, 0.15) is 11.6 Å². The molecule has 4 aromatic carbocycles. The number of nitrogens with zero attached hydrogens (tertiary/aromatic N) is 2. The Morgan fingerprint density at radius 2 is 0.944 bits per heavy atom. The standard InChI is InChI=1S/C30H20N6/c1-3-7-23-19(5-1)21(15-31-23)29-33-25-11-9-17(13-27(25)35-29)18-10-12-26-28(14-18)36-30(34-26)22-16-32-24-8-4-2-6-20(22)24/h1-16,31-32H,(H,33,35)(H,34,36). The summed E-state index contributed by atoms with van der Waals surface area (Å²) in [7, 11) is 0. The van der Waals surface area contributed by atoms with Gasteiger partial charge in [-0.2, -0.15) is 0 Å². The molecule has 0 aliphatic rings. The lowest BCUT2D eigenvalue weighted by molar-refractivity contribution is 1.34. The molecule has 0 radical (unpaired) electrons. The van der Waals surface area contributed by atoms with Crippen LogP contribution in [0.2, 0.25) is 0 Å². The average molecular weight is 465 g/mol. The first-order valence-corrected chi connectivity index (χ1v) is 11.9. The molecule has 8 aromatic rings. The molecule has 0 amide bonds. The zero-order chi connectivity index (χ0) is 23.6. The summed E-state index contributed by atoms with van der Waals surface area (Å²) in [4.78, 5) is 23.4. The van der Waals surface area contributed by atoms with E-state index in [9.17, 15) is 0 Å². The van der Waals surface area contributed by atoms with Gasteiger partial charge in [-0.05, 0) is 47.5 Å².